The molecular formula is C21H21NO4. The minimum absolute atomic E-state index is 0.0738. The summed E-state index contributed by atoms with van der Waals surface area (Å²) in [6.07, 6.45) is 2.28. The Kier molecular flexibility index (Phi) is 5.69. The highest BCUT2D eigenvalue weighted by Gasteiger charge is 2.08. The molecule has 2 aromatic carbocycles. The van der Waals surface area contributed by atoms with E-state index in [1.807, 2.05) is 55.5 Å². The molecule has 0 spiro atoms. The normalized spacial score (nSPS) is 10.7. The van der Waals surface area contributed by atoms with Crippen molar-refractivity contribution in [2.75, 3.05) is 6.61 Å². The van der Waals surface area contributed by atoms with Crippen LogP contribution in [0, 0.1) is 0 Å². The van der Waals surface area contributed by atoms with Crippen LogP contribution in [-0.2, 0) is 17.8 Å². The molecule has 1 heterocycles. The molecule has 0 aliphatic carbocycles. The predicted molar refractivity (Wildman–Crippen MR) is 99.6 cm³/mol. The van der Waals surface area contributed by atoms with Gasteiger partial charge in [-0.25, -0.2) is 0 Å². The molecule has 134 valence electrons. The molecule has 0 amide bonds. The third-order valence-corrected chi connectivity index (χ3v) is 4.02. The molecule has 1 aromatic heterocycles. The largest absolute Gasteiger partial charge is 0.493 e. The molecule has 3 rings (SSSR count). The Balaban J connectivity index is 1.71. The van der Waals surface area contributed by atoms with Gasteiger partial charge < -0.3 is 14.6 Å². The molecule has 26 heavy (non-hydrogen) atoms. The second-order valence-electron chi connectivity index (χ2n) is 5.92. The topological polar surface area (TPSA) is 68.7 Å². The first-order valence-corrected chi connectivity index (χ1v) is 8.59. The molecule has 0 aliphatic rings. The van der Waals surface area contributed by atoms with Crippen molar-refractivity contribution in [3.63, 3.8) is 0 Å². The van der Waals surface area contributed by atoms with Crippen molar-refractivity contribution >= 4 is 16.9 Å². The van der Waals surface area contributed by atoms with Gasteiger partial charge in [-0.15, -0.1) is 0 Å². The lowest BCUT2D eigenvalue weighted by Crippen LogP contribution is -2.02. The number of carboxylic acids is 1. The number of pyridine rings is 1. The van der Waals surface area contributed by atoms with Crippen LogP contribution in [0.3, 0.4) is 0 Å². The van der Waals surface area contributed by atoms with Crippen LogP contribution in [0.5, 0.6) is 11.5 Å². The summed E-state index contributed by atoms with van der Waals surface area (Å²) in [6.45, 7) is 2.84. The minimum atomic E-state index is -0.822. The average Bonchev–Trinajstić information content (AvgIpc) is 2.65. The Bertz CT molecular complexity index is 907. The van der Waals surface area contributed by atoms with Gasteiger partial charge in [0.15, 0.2) is 0 Å². The van der Waals surface area contributed by atoms with E-state index in [2.05, 4.69) is 4.98 Å². The second kappa shape index (κ2) is 8.34. The van der Waals surface area contributed by atoms with Gasteiger partial charge >= 0.3 is 5.97 Å². The molecule has 5 nitrogen and oxygen atoms in total. The smallest absolute Gasteiger partial charge is 0.303 e. The van der Waals surface area contributed by atoms with E-state index in [9.17, 15) is 4.79 Å². The number of aryl methyl sites for hydroxylation is 1. The van der Waals surface area contributed by atoms with Gasteiger partial charge in [-0.05, 0) is 42.7 Å². The van der Waals surface area contributed by atoms with Crippen molar-refractivity contribution in [2.45, 2.75) is 26.4 Å². The van der Waals surface area contributed by atoms with E-state index in [-0.39, 0.29) is 6.42 Å². The number of nitrogens with zero attached hydrogens (tertiary/aromatic N) is 1. The van der Waals surface area contributed by atoms with Crippen LogP contribution >= 0.6 is 0 Å². The average molecular weight is 351 g/mol. The highest BCUT2D eigenvalue weighted by atomic mass is 16.5. The van der Waals surface area contributed by atoms with E-state index in [1.54, 1.807) is 6.20 Å². The summed E-state index contributed by atoms with van der Waals surface area (Å²) >= 11 is 0. The lowest BCUT2D eigenvalue weighted by atomic mass is 10.1. The maximum atomic E-state index is 10.8. The molecule has 0 saturated heterocycles. The van der Waals surface area contributed by atoms with Crippen LogP contribution in [0.25, 0.3) is 10.9 Å². The Morgan fingerprint density at radius 3 is 2.81 bits per heavy atom. The first-order chi connectivity index (χ1) is 12.7. The number of aliphatic carboxylic acids is 1. The highest BCUT2D eigenvalue weighted by Crippen LogP contribution is 2.27. The van der Waals surface area contributed by atoms with Crippen molar-refractivity contribution in [2.24, 2.45) is 0 Å². The van der Waals surface area contributed by atoms with Crippen LogP contribution < -0.4 is 9.47 Å². The zero-order valence-electron chi connectivity index (χ0n) is 14.6. The van der Waals surface area contributed by atoms with Crippen molar-refractivity contribution in [1.82, 2.24) is 4.98 Å². The Labute approximate surface area is 152 Å². The van der Waals surface area contributed by atoms with E-state index in [1.165, 1.54) is 0 Å². The molecule has 0 fully saturated rings. The van der Waals surface area contributed by atoms with Crippen molar-refractivity contribution < 1.29 is 19.4 Å². The van der Waals surface area contributed by atoms with Crippen LogP contribution in [0.2, 0.25) is 0 Å². The quantitative estimate of drug-likeness (QED) is 0.658. The van der Waals surface area contributed by atoms with E-state index < -0.39 is 5.97 Å². The molecule has 0 radical (unpaired) electrons. The van der Waals surface area contributed by atoms with Gasteiger partial charge in [-0.1, -0.05) is 24.3 Å². The van der Waals surface area contributed by atoms with Gasteiger partial charge in [0.05, 0.1) is 12.1 Å². The van der Waals surface area contributed by atoms with Crippen LogP contribution in [0.15, 0.2) is 54.7 Å². The first kappa shape index (κ1) is 17.7. The first-order valence-electron chi connectivity index (χ1n) is 8.59. The zero-order valence-corrected chi connectivity index (χ0v) is 14.6. The van der Waals surface area contributed by atoms with Crippen LogP contribution in [-0.4, -0.2) is 22.7 Å². The fourth-order valence-corrected chi connectivity index (χ4v) is 2.73. The van der Waals surface area contributed by atoms with E-state index >= 15 is 0 Å². The van der Waals surface area contributed by atoms with E-state index in [4.69, 9.17) is 14.6 Å². The van der Waals surface area contributed by atoms with Gasteiger partial charge in [0.2, 0.25) is 0 Å². The Morgan fingerprint density at radius 2 is 2.00 bits per heavy atom. The third kappa shape index (κ3) is 4.51. The molecule has 0 atom stereocenters. The van der Waals surface area contributed by atoms with Gasteiger partial charge in [-0.2, -0.15) is 0 Å². The molecule has 0 bridgehead atoms. The Hall–Kier alpha value is -3.08. The summed E-state index contributed by atoms with van der Waals surface area (Å²) in [5.41, 5.74) is 2.84. The number of hydrogen-bond acceptors (Lipinski definition) is 4. The van der Waals surface area contributed by atoms with E-state index in [0.717, 1.165) is 22.0 Å². The van der Waals surface area contributed by atoms with Gasteiger partial charge in [-0.3, -0.25) is 9.78 Å². The second-order valence-corrected chi connectivity index (χ2v) is 5.92. The van der Waals surface area contributed by atoms with Gasteiger partial charge in [0, 0.05) is 24.1 Å². The summed E-state index contributed by atoms with van der Waals surface area (Å²) in [5, 5.41) is 9.96. The molecular weight excluding hydrogens is 330 g/mol. The molecule has 3 aromatic rings. The maximum absolute atomic E-state index is 10.8. The maximum Gasteiger partial charge on any atom is 0.303 e. The SMILES string of the molecule is CCOc1cc(OCc2ccc3cccnc3c2)ccc1CCC(=O)O. The summed E-state index contributed by atoms with van der Waals surface area (Å²) in [5.74, 6) is 0.540. The molecule has 0 aliphatic heterocycles. The number of fused-ring (bicyclic) bond motifs is 1. The minimum Gasteiger partial charge on any atom is -0.493 e. The van der Waals surface area contributed by atoms with Gasteiger partial charge in [0.1, 0.15) is 18.1 Å². The molecule has 0 unspecified atom stereocenters. The van der Waals surface area contributed by atoms with Gasteiger partial charge in [0.25, 0.3) is 0 Å². The lowest BCUT2D eigenvalue weighted by Gasteiger charge is -2.13. The number of aromatic nitrogens is 1. The monoisotopic (exact) mass is 351 g/mol. The molecule has 5 heteroatoms. The number of hydrogen-bond donors (Lipinski definition) is 1. The molecule has 0 saturated carbocycles. The standard InChI is InChI=1S/C21H21NO4/c1-2-25-20-13-18(9-7-17(20)8-10-21(23)24)26-14-15-5-6-16-4-3-11-22-19(16)12-15/h3-7,9,11-13H,2,8,10,14H2,1H3,(H,23,24). The van der Waals surface area contributed by atoms with Crippen molar-refractivity contribution in [3.8, 4) is 11.5 Å². The highest BCUT2D eigenvalue weighted by molar-refractivity contribution is 5.78. The van der Waals surface area contributed by atoms with Crippen molar-refractivity contribution in [3.05, 3.63) is 65.9 Å². The number of carbonyl (C=O) groups is 1. The number of ether oxygens (including phenoxy) is 2. The lowest BCUT2D eigenvalue weighted by molar-refractivity contribution is -0.136. The zero-order chi connectivity index (χ0) is 18.4. The van der Waals surface area contributed by atoms with Crippen LogP contribution in [0.4, 0.5) is 0 Å². The Morgan fingerprint density at radius 1 is 1.12 bits per heavy atom. The molecule has 1 N–H and O–H groups in total. The third-order valence-electron chi connectivity index (χ3n) is 4.02. The van der Waals surface area contributed by atoms with E-state index in [0.29, 0.717) is 31.1 Å². The van der Waals surface area contributed by atoms with Crippen molar-refractivity contribution in [1.29, 1.82) is 0 Å². The number of benzene rings is 2. The predicted octanol–water partition coefficient (Wildman–Crippen LogP) is 4.23. The number of carboxylic acid groups (broad SMARTS) is 1. The summed E-state index contributed by atoms with van der Waals surface area (Å²) in [4.78, 5) is 15.1. The van der Waals surface area contributed by atoms with Crippen LogP contribution in [0.1, 0.15) is 24.5 Å². The summed E-state index contributed by atoms with van der Waals surface area (Å²) in [7, 11) is 0. The fraction of sp³-hybridized carbons (Fsp3) is 0.238. The summed E-state index contributed by atoms with van der Waals surface area (Å²) < 4.78 is 11.5. The summed E-state index contributed by atoms with van der Waals surface area (Å²) in [6, 6.07) is 15.5. The fourth-order valence-electron chi connectivity index (χ4n) is 2.73. The number of rotatable bonds is 8.